The molecule has 0 radical (unpaired) electrons. The highest BCUT2D eigenvalue weighted by atomic mass is 32.2. The van der Waals surface area contributed by atoms with E-state index in [1.807, 2.05) is 4.90 Å². The van der Waals surface area contributed by atoms with E-state index in [1.54, 1.807) is 6.92 Å². The van der Waals surface area contributed by atoms with E-state index in [2.05, 4.69) is 4.72 Å². The molecular weight excluding hydrogens is 304 g/mol. The van der Waals surface area contributed by atoms with E-state index in [0.717, 1.165) is 44.9 Å². The highest BCUT2D eigenvalue weighted by Crippen LogP contribution is 2.32. The zero-order valence-corrected chi connectivity index (χ0v) is 14.0. The van der Waals surface area contributed by atoms with Crippen molar-refractivity contribution in [2.45, 2.75) is 75.4 Å². The van der Waals surface area contributed by atoms with Crippen LogP contribution in [0.4, 0.5) is 0 Å². The normalized spacial score (nSPS) is 33.1. The van der Waals surface area contributed by atoms with Crippen molar-refractivity contribution in [1.82, 2.24) is 9.62 Å². The highest BCUT2D eigenvalue weighted by molar-refractivity contribution is 7.90. The van der Waals surface area contributed by atoms with E-state index in [4.69, 9.17) is 4.74 Å². The number of carbonyl (C=O) groups excluding carboxylic acids is 1. The van der Waals surface area contributed by atoms with Crippen LogP contribution in [-0.2, 0) is 19.6 Å². The van der Waals surface area contributed by atoms with Crippen LogP contribution in [0.1, 0.15) is 51.9 Å². The molecule has 1 N–H and O–H groups in total. The molecular formula is C15H26N2O4S. The molecule has 6 nitrogen and oxygen atoms in total. The first-order chi connectivity index (χ1) is 10.5. The zero-order chi connectivity index (χ0) is 15.7. The number of rotatable bonds is 4. The summed E-state index contributed by atoms with van der Waals surface area (Å²) in [5, 5.41) is -0.227. The quantitative estimate of drug-likeness (QED) is 0.835. The fraction of sp³-hybridized carbons (Fsp3) is 0.933. The first-order valence-corrected chi connectivity index (χ1v) is 9.93. The molecule has 0 aromatic carbocycles. The van der Waals surface area contributed by atoms with Crippen molar-refractivity contribution in [3.8, 4) is 0 Å². The van der Waals surface area contributed by atoms with Crippen molar-refractivity contribution in [3.63, 3.8) is 0 Å². The molecule has 0 aromatic rings. The van der Waals surface area contributed by atoms with E-state index < -0.39 is 10.0 Å². The molecule has 0 unspecified atom stereocenters. The third kappa shape index (κ3) is 3.31. The predicted octanol–water partition coefficient (Wildman–Crippen LogP) is 1.02. The highest BCUT2D eigenvalue weighted by Gasteiger charge is 2.45. The van der Waals surface area contributed by atoms with E-state index >= 15 is 0 Å². The van der Waals surface area contributed by atoms with Crippen molar-refractivity contribution in [2.75, 3.05) is 13.1 Å². The Morgan fingerprint density at radius 3 is 2.55 bits per heavy atom. The van der Waals surface area contributed by atoms with Crippen molar-refractivity contribution < 1.29 is 17.9 Å². The molecule has 0 spiro atoms. The van der Waals surface area contributed by atoms with Crippen LogP contribution in [-0.4, -0.2) is 55.8 Å². The van der Waals surface area contributed by atoms with E-state index in [9.17, 15) is 13.2 Å². The summed E-state index contributed by atoms with van der Waals surface area (Å²) in [6.07, 6.45) is 6.45. The van der Waals surface area contributed by atoms with Gasteiger partial charge in [0.05, 0.1) is 23.5 Å². The third-order valence-electron chi connectivity index (χ3n) is 5.27. The molecule has 126 valence electrons. The summed E-state index contributed by atoms with van der Waals surface area (Å²) in [5.41, 5.74) is 0. The minimum atomic E-state index is -3.21. The topological polar surface area (TPSA) is 75.7 Å². The average molecular weight is 330 g/mol. The van der Waals surface area contributed by atoms with Gasteiger partial charge in [0.25, 0.3) is 0 Å². The van der Waals surface area contributed by atoms with Crippen molar-refractivity contribution in [2.24, 2.45) is 0 Å². The number of ether oxygens (including phenoxy) is 1. The summed E-state index contributed by atoms with van der Waals surface area (Å²) in [6.45, 7) is 2.59. The summed E-state index contributed by atoms with van der Waals surface area (Å²) in [6, 6.07) is 0.198. The Morgan fingerprint density at radius 2 is 1.91 bits per heavy atom. The Morgan fingerprint density at radius 1 is 1.18 bits per heavy atom. The van der Waals surface area contributed by atoms with E-state index in [-0.39, 0.29) is 29.4 Å². The number of hydrogen-bond acceptors (Lipinski definition) is 4. The molecule has 1 amide bonds. The molecule has 3 rings (SSSR count). The number of fused-ring (bicyclic) bond motifs is 1. The second-order valence-electron chi connectivity index (χ2n) is 6.77. The van der Waals surface area contributed by atoms with Gasteiger partial charge in [-0.3, -0.25) is 4.79 Å². The second-order valence-corrected chi connectivity index (χ2v) is 8.81. The second kappa shape index (κ2) is 6.45. The first-order valence-electron chi connectivity index (χ1n) is 8.38. The lowest BCUT2D eigenvalue weighted by atomic mass is 9.89. The van der Waals surface area contributed by atoms with Crippen molar-refractivity contribution >= 4 is 15.9 Å². The third-order valence-corrected chi connectivity index (χ3v) is 7.18. The number of sulfonamides is 1. The molecule has 0 bridgehead atoms. The van der Waals surface area contributed by atoms with Gasteiger partial charge in [0.1, 0.15) is 0 Å². The molecule has 3 atom stereocenters. The molecule has 0 aromatic heterocycles. The Kier molecular flexibility index (Phi) is 4.75. The number of likely N-dealkylation sites (tertiary alicyclic amines) is 1. The Balaban J connectivity index is 1.46. The van der Waals surface area contributed by atoms with Crippen LogP contribution in [0, 0.1) is 0 Å². The summed E-state index contributed by atoms with van der Waals surface area (Å²) in [5.74, 6) is 0.0984. The smallest absolute Gasteiger partial charge is 0.219 e. The van der Waals surface area contributed by atoms with Gasteiger partial charge in [0, 0.05) is 20.0 Å². The molecule has 2 saturated heterocycles. The Bertz CT molecular complexity index is 516. The monoisotopic (exact) mass is 330 g/mol. The molecule has 2 heterocycles. The maximum atomic E-state index is 12.3. The average Bonchev–Trinajstić information content (AvgIpc) is 2.47. The van der Waals surface area contributed by atoms with Gasteiger partial charge in [-0.1, -0.05) is 19.3 Å². The fourth-order valence-corrected chi connectivity index (χ4v) is 5.48. The van der Waals surface area contributed by atoms with E-state index in [0.29, 0.717) is 13.1 Å². The van der Waals surface area contributed by atoms with Gasteiger partial charge in [-0.15, -0.1) is 0 Å². The Labute approximate surface area is 132 Å². The van der Waals surface area contributed by atoms with Crippen molar-refractivity contribution in [3.05, 3.63) is 0 Å². The number of hydrogen-bond donors (Lipinski definition) is 1. The van der Waals surface area contributed by atoms with Crippen LogP contribution < -0.4 is 4.72 Å². The molecule has 2 aliphatic heterocycles. The lowest BCUT2D eigenvalue weighted by Gasteiger charge is -2.51. The summed E-state index contributed by atoms with van der Waals surface area (Å²) < 4.78 is 33.3. The minimum absolute atomic E-state index is 0.0614. The molecule has 3 fully saturated rings. The van der Waals surface area contributed by atoms with Crippen LogP contribution >= 0.6 is 0 Å². The minimum Gasteiger partial charge on any atom is -0.370 e. The zero-order valence-electron chi connectivity index (χ0n) is 13.2. The lowest BCUT2D eigenvalue weighted by Crippen LogP contribution is -2.66. The maximum absolute atomic E-state index is 12.3. The predicted molar refractivity (Wildman–Crippen MR) is 82.9 cm³/mol. The lowest BCUT2D eigenvalue weighted by molar-refractivity contribution is -0.179. The van der Waals surface area contributed by atoms with Gasteiger partial charge < -0.3 is 9.64 Å². The summed E-state index contributed by atoms with van der Waals surface area (Å²) in [4.78, 5) is 13.2. The van der Waals surface area contributed by atoms with Gasteiger partial charge >= 0.3 is 0 Å². The molecule has 1 saturated carbocycles. The number of carbonyl (C=O) groups is 1. The van der Waals surface area contributed by atoms with Gasteiger partial charge in [0.15, 0.2) is 0 Å². The largest absolute Gasteiger partial charge is 0.370 e. The van der Waals surface area contributed by atoms with Crippen LogP contribution in [0.2, 0.25) is 0 Å². The van der Waals surface area contributed by atoms with Gasteiger partial charge in [0.2, 0.25) is 15.9 Å². The summed E-state index contributed by atoms with van der Waals surface area (Å²) in [7, 11) is -3.21. The van der Waals surface area contributed by atoms with Gasteiger partial charge in [-0.05, 0) is 25.7 Å². The molecule has 7 heteroatoms. The molecule has 3 aliphatic rings. The van der Waals surface area contributed by atoms with Crippen LogP contribution in [0.5, 0.6) is 0 Å². The van der Waals surface area contributed by atoms with Crippen molar-refractivity contribution in [1.29, 1.82) is 0 Å². The number of nitrogens with one attached hydrogen (secondary N) is 1. The van der Waals surface area contributed by atoms with Gasteiger partial charge in [-0.2, -0.15) is 0 Å². The number of amides is 1. The molecule has 22 heavy (non-hydrogen) atoms. The Hall–Kier alpha value is -0.660. The van der Waals surface area contributed by atoms with E-state index in [1.165, 1.54) is 0 Å². The van der Waals surface area contributed by atoms with Crippen LogP contribution in [0.3, 0.4) is 0 Å². The summed E-state index contributed by atoms with van der Waals surface area (Å²) >= 11 is 0. The maximum Gasteiger partial charge on any atom is 0.219 e. The SMILES string of the molecule is CC(=O)N1C[C@H]2O[C@H](CNS(=O)(=O)C3CCCCC3)CC[C@H]21. The standard InChI is InChI=1S/C15H26N2O4S/c1-11(18)17-10-15-14(17)8-7-12(21-15)9-16-22(19,20)13-5-3-2-4-6-13/h12-16H,2-10H2,1H3/t12-,14+,15+/m0/s1. The van der Waals surface area contributed by atoms with Crippen LogP contribution in [0.25, 0.3) is 0 Å². The fourth-order valence-electron chi connectivity index (χ4n) is 3.88. The van der Waals surface area contributed by atoms with Crippen LogP contribution in [0.15, 0.2) is 0 Å². The first kappa shape index (κ1) is 16.2. The van der Waals surface area contributed by atoms with Gasteiger partial charge in [-0.25, -0.2) is 13.1 Å². The number of nitrogens with zero attached hydrogens (tertiary/aromatic N) is 1. The molecule has 1 aliphatic carbocycles.